The number of hydrogen-bond donors (Lipinski definition) is 2. The summed E-state index contributed by atoms with van der Waals surface area (Å²) in [6, 6.07) is 0.579. The molecular weight excluding hydrogens is 354 g/mol. The lowest BCUT2D eigenvalue weighted by Crippen LogP contribution is -2.37. The highest BCUT2D eigenvalue weighted by molar-refractivity contribution is 9.10. The van der Waals surface area contributed by atoms with Gasteiger partial charge in [-0.3, -0.25) is 0 Å². The van der Waals surface area contributed by atoms with E-state index in [-0.39, 0.29) is 22.2 Å². The molecule has 0 aromatic carbocycles. The largest absolute Gasteiger partial charge is 0.475 e. The molecule has 0 bridgehead atoms. The number of carboxylic acids is 1. The average Bonchev–Trinajstić information content (AvgIpc) is 2.72. The molecular formula is C11H16BrNO6S. The molecule has 1 atom stereocenters. The van der Waals surface area contributed by atoms with Crippen LogP contribution in [0.5, 0.6) is 0 Å². The monoisotopic (exact) mass is 369 g/mol. The van der Waals surface area contributed by atoms with Gasteiger partial charge in [-0.25, -0.2) is 17.9 Å². The summed E-state index contributed by atoms with van der Waals surface area (Å²) >= 11 is 2.91. The number of carbonyl (C=O) groups is 1. The molecule has 1 aromatic heterocycles. The molecule has 0 spiro atoms. The van der Waals surface area contributed by atoms with Crippen LogP contribution in [0.3, 0.4) is 0 Å². The number of carboxylic acid groups (broad SMARTS) is 1. The molecule has 0 radical (unpaired) electrons. The number of hydrogen-bond acceptors (Lipinski definition) is 5. The minimum Gasteiger partial charge on any atom is -0.475 e. The molecule has 20 heavy (non-hydrogen) atoms. The zero-order valence-electron chi connectivity index (χ0n) is 11.1. The lowest BCUT2D eigenvalue weighted by molar-refractivity contribution is 0.0661. The van der Waals surface area contributed by atoms with Crippen LogP contribution in [0.2, 0.25) is 0 Å². The molecule has 114 valence electrons. The number of ether oxygens (including phenoxy) is 1. The van der Waals surface area contributed by atoms with Crippen molar-refractivity contribution >= 4 is 31.9 Å². The van der Waals surface area contributed by atoms with Crippen LogP contribution in [0.15, 0.2) is 20.0 Å². The van der Waals surface area contributed by atoms with Crippen molar-refractivity contribution < 1.29 is 27.5 Å². The quantitative estimate of drug-likeness (QED) is 0.723. The number of sulfonamides is 1. The van der Waals surface area contributed by atoms with Crippen LogP contribution in [0.1, 0.15) is 30.3 Å². The zero-order valence-corrected chi connectivity index (χ0v) is 13.5. The van der Waals surface area contributed by atoms with E-state index in [9.17, 15) is 13.2 Å². The van der Waals surface area contributed by atoms with Crippen molar-refractivity contribution in [3.63, 3.8) is 0 Å². The Bertz CT molecular complexity index is 561. The molecule has 0 aliphatic carbocycles. The zero-order chi connectivity index (χ0) is 15.3. The highest BCUT2D eigenvalue weighted by atomic mass is 79.9. The van der Waals surface area contributed by atoms with Gasteiger partial charge in [0.2, 0.25) is 15.8 Å². The van der Waals surface area contributed by atoms with Crippen LogP contribution < -0.4 is 4.72 Å². The van der Waals surface area contributed by atoms with Gasteiger partial charge in [0.15, 0.2) is 4.67 Å². The third-order valence-corrected chi connectivity index (χ3v) is 4.86. The maximum absolute atomic E-state index is 12.2. The minimum atomic E-state index is -3.88. The van der Waals surface area contributed by atoms with Gasteiger partial charge in [0.05, 0.1) is 6.61 Å². The van der Waals surface area contributed by atoms with Crippen molar-refractivity contribution in [1.82, 2.24) is 4.72 Å². The molecule has 1 unspecified atom stereocenters. The van der Waals surface area contributed by atoms with Gasteiger partial charge < -0.3 is 14.3 Å². The molecule has 1 rings (SSSR count). The van der Waals surface area contributed by atoms with Gasteiger partial charge in [0.25, 0.3) is 0 Å². The normalized spacial score (nSPS) is 13.3. The van der Waals surface area contributed by atoms with E-state index in [1.165, 1.54) is 7.11 Å². The summed E-state index contributed by atoms with van der Waals surface area (Å²) in [7, 11) is -2.40. The molecule has 0 aliphatic heterocycles. The molecule has 0 amide bonds. The van der Waals surface area contributed by atoms with Gasteiger partial charge in [-0.2, -0.15) is 0 Å². The molecule has 0 saturated heterocycles. The highest BCUT2D eigenvalue weighted by Gasteiger charge is 2.27. The molecule has 7 nitrogen and oxygen atoms in total. The predicted octanol–water partition coefficient (Wildman–Crippen LogP) is 1.83. The van der Waals surface area contributed by atoms with E-state index in [0.717, 1.165) is 12.5 Å². The fourth-order valence-electron chi connectivity index (χ4n) is 1.65. The fraction of sp³-hybridized carbons (Fsp3) is 0.545. The van der Waals surface area contributed by atoms with Crippen molar-refractivity contribution in [2.45, 2.75) is 30.7 Å². The van der Waals surface area contributed by atoms with Crippen molar-refractivity contribution in [1.29, 1.82) is 0 Å². The second-order valence-electron chi connectivity index (χ2n) is 4.12. The fourth-order valence-corrected chi connectivity index (χ4v) is 3.84. The molecule has 1 aromatic rings. The third-order valence-electron chi connectivity index (χ3n) is 2.48. The van der Waals surface area contributed by atoms with Gasteiger partial charge in [-0.15, -0.1) is 0 Å². The Balaban J connectivity index is 3.00. The molecule has 1 heterocycles. The Kier molecular flexibility index (Phi) is 6.18. The SMILES string of the molecule is CCCC(COC)NS(=O)(=O)c1cc(C(=O)O)oc1Br. The Morgan fingerprint density at radius 3 is 2.70 bits per heavy atom. The molecule has 0 fully saturated rings. The number of aromatic carboxylic acids is 1. The third kappa shape index (κ3) is 4.30. The van der Waals surface area contributed by atoms with Crippen molar-refractivity contribution in [3.8, 4) is 0 Å². The summed E-state index contributed by atoms with van der Waals surface area (Å²) in [5, 5.41) is 8.79. The summed E-state index contributed by atoms with van der Waals surface area (Å²) in [4.78, 5) is 10.5. The maximum atomic E-state index is 12.2. The second kappa shape index (κ2) is 7.21. The lowest BCUT2D eigenvalue weighted by Gasteiger charge is -2.16. The van der Waals surface area contributed by atoms with Crippen LogP contribution in [0.4, 0.5) is 0 Å². The first-order chi connectivity index (χ1) is 9.31. The van der Waals surface area contributed by atoms with E-state index in [1.54, 1.807) is 0 Å². The van der Waals surface area contributed by atoms with Crippen LogP contribution >= 0.6 is 15.9 Å². The number of methoxy groups -OCH3 is 1. The van der Waals surface area contributed by atoms with Gasteiger partial charge in [0.1, 0.15) is 4.90 Å². The van der Waals surface area contributed by atoms with Gasteiger partial charge in [-0.05, 0) is 22.4 Å². The number of nitrogens with one attached hydrogen (secondary N) is 1. The summed E-state index contributed by atoms with van der Waals surface area (Å²) in [5.74, 6) is -1.79. The first-order valence-electron chi connectivity index (χ1n) is 5.85. The summed E-state index contributed by atoms with van der Waals surface area (Å²) in [6.45, 7) is 2.15. The Hall–Kier alpha value is -0.900. The van der Waals surface area contributed by atoms with Gasteiger partial charge in [-0.1, -0.05) is 13.3 Å². The van der Waals surface area contributed by atoms with Crippen LogP contribution in [0, 0.1) is 0 Å². The highest BCUT2D eigenvalue weighted by Crippen LogP contribution is 2.26. The molecule has 9 heteroatoms. The van der Waals surface area contributed by atoms with E-state index in [1.807, 2.05) is 6.92 Å². The summed E-state index contributed by atoms with van der Waals surface area (Å²) < 4.78 is 36.5. The Labute approximate surface area is 125 Å². The topological polar surface area (TPSA) is 106 Å². The summed E-state index contributed by atoms with van der Waals surface area (Å²) in [5.41, 5.74) is 0. The van der Waals surface area contributed by atoms with Crippen molar-refractivity contribution in [2.75, 3.05) is 13.7 Å². The number of halogens is 1. The number of rotatable bonds is 8. The first-order valence-corrected chi connectivity index (χ1v) is 8.13. The second-order valence-corrected chi connectivity index (χ2v) is 6.52. The van der Waals surface area contributed by atoms with E-state index in [0.29, 0.717) is 6.42 Å². The van der Waals surface area contributed by atoms with E-state index in [2.05, 4.69) is 20.7 Å². The van der Waals surface area contributed by atoms with E-state index < -0.39 is 21.8 Å². The van der Waals surface area contributed by atoms with E-state index in [4.69, 9.17) is 14.3 Å². The van der Waals surface area contributed by atoms with Gasteiger partial charge in [0, 0.05) is 19.2 Å². The minimum absolute atomic E-state index is 0.143. The van der Waals surface area contributed by atoms with Gasteiger partial charge >= 0.3 is 5.97 Å². The van der Waals surface area contributed by atoms with E-state index >= 15 is 0 Å². The van der Waals surface area contributed by atoms with Crippen LogP contribution in [0.25, 0.3) is 0 Å². The van der Waals surface area contributed by atoms with Crippen molar-refractivity contribution in [2.24, 2.45) is 0 Å². The first kappa shape index (κ1) is 17.2. The predicted molar refractivity (Wildman–Crippen MR) is 74.3 cm³/mol. The lowest BCUT2D eigenvalue weighted by atomic mass is 10.2. The molecule has 0 saturated carbocycles. The maximum Gasteiger partial charge on any atom is 0.371 e. The van der Waals surface area contributed by atoms with Crippen LogP contribution in [-0.4, -0.2) is 39.3 Å². The smallest absolute Gasteiger partial charge is 0.371 e. The summed E-state index contributed by atoms with van der Waals surface area (Å²) in [6.07, 6.45) is 1.39. The Morgan fingerprint density at radius 1 is 1.60 bits per heavy atom. The molecule has 0 aliphatic rings. The standard InChI is InChI=1S/C11H16BrNO6S/c1-3-4-7(6-18-2)13-20(16,17)9-5-8(11(14)15)19-10(9)12/h5,7,13H,3-4,6H2,1-2H3,(H,14,15). The Morgan fingerprint density at radius 2 is 2.25 bits per heavy atom. The number of furan rings is 1. The van der Waals surface area contributed by atoms with Crippen LogP contribution in [-0.2, 0) is 14.8 Å². The molecule has 2 N–H and O–H groups in total. The average molecular weight is 370 g/mol. The van der Waals surface area contributed by atoms with Crippen molar-refractivity contribution in [3.05, 3.63) is 16.5 Å².